The largest absolute Gasteiger partial charge is 0.484 e. The number of rotatable bonds is 2. The van der Waals surface area contributed by atoms with Crippen molar-refractivity contribution in [1.29, 1.82) is 0 Å². The molecule has 0 aliphatic carbocycles. The van der Waals surface area contributed by atoms with E-state index >= 15 is 0 Å². The molecule has 0 amide bonds. The van der Waals surface area contributed by atoms with Crippen LogP contribution < -0.4 is 5.32 Å². The van der Waals surface area contributed by atoms with Gasteiger partial charge < -0.3 is 10.1 Å². The fraction of sp³-hybridized carbons (Fsp3) is 0.875. The van der Waals surface area contributed by atoms with Crippen LogP contribution in [0.15, 0.2) is 4.99 Å². The van der Waals surface area contributed by atoms with Crippen LogP contribution in [-0.4, -0.2) is 33.1 Å². The fourth-order valence-electron chi connectivity index (χ4n) is 1.40. The summed E-state index contributed by atoms with van der Waals surface area (Å²) in [4.78, 5) is 4.04. The number of hydrogen-bond acceptors (Lipinski definition) is 3. The van der Waals surface area contributed by atoms with Gasteiger partial charge in [0.2, 0.25) is 0 Å². The predicted molar refractivity (Wildman–Crippen MR) is 46.0 cm³/mol. The third kappa shape index (κ3) is 2.50. The van der Waals surface area contributed by atoms with E-state index in [9.17, 15) is 0 Å². The van der Waals surface area contributed by atoms with Crippen molar-refractivity contribution in [2.75, 3.05) is 27.2 Å². The summed E-state index contributed by atoms with van der Waals surface area (Å²) in [7, 11) is 3.46. The molecule has 1 atom stereocenters. The van der Waals surface area contributed by atoms with Gasteiger partial charge in [-0.1, -0.05) is 0 Å². The molecule has 1 rings (SSSR count). The summed E-state index contributed by atoms with van der Waals surface area (Å²) in [5.41, 5.74) is 0. The molecule has 1 saturated heterocycles. The van der Waals surface area contributed by atoms with Gasteiger partial charge in [-0.3, -0.25) is 4.99 Å². The molecule has 11 heavy (non-hydrogen) atoms. The second-order valence-corrected chi connectivity index (χ2v) is 2.88. The topological polar surface area (TPSA) is 33.6 Å². The third-order valence-corrected chi connectivity index (χ3v) is 2.11. The zero-order valence-electron chi connectivity index (χ0n) is 7.26. The lowest BCUT2D eigenvalue weighted by molar-refractivity contribution is 0.375. The highest BCUT2D eigenvalue weighted by Gasteiger charge is 2.16. The molecule has 1 aliphatic heterocycles. The van der Waals surface area contributed by atoms with Gasteiger partial charge in [-0.25, -0.2) is 0 Å². The van der Waals surface area contributed by atoms with E-state index in [1.165, 1.54) is 6.42 Å². The summed E-state index contributed by atoms with van der Waals surface area (Å²) in [6, 6.07) is 0. The number of nitrogens with zero attached hydrogens (tertiary/aromatic N) is 1. The summed E-state index contributed by atoms with van der Waals surface area (Å²) in [5.74, 6) is 1.60. The first kappa shape index (κ1) is 8.53. The molecule has 64 valence electrons. The molecule has 1 aliphatic rings. The Balaban J connectivity index is 2.27. The van der Waals surface area contributed by atoms with Crippen molar-refractivity contribution in [2.45, 2.75) is 12.8 Å². The van der Waals surface area contributed by atoms with E-state index in [1.54, 1.807) is 14.2 Å². The van der Waals surface area contributed by atoms with Crippen LogP contribution in [0.3, 0.4) is 0 Å². The molecule has 0 saturated carbocycles. The number of aliphatic imine (C=N–C) groups is 1. The third-order valence-electron chi connectivity index (χ3n) is 2.11. The average Bonchev–Trinajstić information content (AvgIpc) is 2.52. The predicted octanol–water partition coefficient (Wildman–Crippen LogP) is 0.661. The Kier molecular flexibility index (Phi) is 3.36. The smallest absolute Gasteiger partial charge is 0.182 e. The Hall–Kier alpha value is -0.570. The first-order valence-corrected chi connectivity index (χ1v) is 4.07. The van der Waals surface area contributed by atoms with Gasteiger partial charge in [0.25, 0.3) is 0 Å². The summed E-state index contributed by atoms with van der Waals surface area (Å²) in [5, 5.41) is 3.32. The Morgan fingerprint density at radius 3 is 3.00 bits per heavy atom. The summed E-state index contributed by atoms with van der Waals surface area (Å²) in [6.07, 6.45) is 2.24. The van der Waals surface area contributed by atoms with Gasteiger partial charge in [-0.2, -0.15) is 0 Å². The maximum Gasteiger partial charge on any atom is 0.182 e. The van der Waals surface area contributed by atoms with E-state index in [-0.39, 0.29) is 0 Å². The molecule has 0 aromatic heterocycles. The van der Waals surface area contributed by atoms with Crippen molar-refractivity contribution in [1.82, 2.24) is 5.32 Å². The van der Waals surface area contributed by atoms with Crippen LogP contribution in [0.2, 0.25) is 0 Å². The molecule has 1 N–H and O–H groups in total. The summed E-state index contributed by atoms with van der Waals surface area (Å²) < 4.78 is 5.08. The maximum atomic E-state index is 5.08. The lowest BCUT2D eigenvalue weighted by Gasteiger charge is -2.08. The lowest BCUT2D eigenvalue weighted by Crippen LogP contribution is -2.13. The van der Waals surface area contributed by atoms with Crippen molar-refractivity contribution in [2.24, 2.45) is 10.9 Å². The number of methoxy groups -OCH3 is 1. The average molecular weight is 156 g/mol. The molecule has 0 radical (unpaired) electrons. The molecular formula is C8H16N2O. The van der Waals surface area contributed by atoms with Gasteiger partial charge in [0.15, 0.2) is 5.90 Å². The molecule has 0 aromatic carbocycles. The van der Waals surface area contributed by atoms with E-state index in [4.69, 9.17) is 4.74 Å². The van der Waals surface area contributed by atoms with Gasteiger partial charge in [0.1, 0.15) is 0 Å². The zero-order valence-corrected chi connectivity index (χ0v) is 7.26. The molecule has 0 aromatic rings. The maximum absolute atomic E-state index is 5.08. The SMILES string of the molecule is CN=C(CC1CCNC1)OC. The standard InChI is InChI=1S/C8H16N2O/c1-9-8(11-2)5-7-3-4-10-6-7/h7,10H,3-6H2,1-2H3. The molecule has 1 unspecified atom stereocenters. The van der Waals surface area contributed by atoms with Crippen LogP contribution in [0, 0.1) is 5.92 Å². The quantitative estimate of drug-likeness (QED) is 0.470. The molecule has 3 nitrogen and oxygen atoms in total. The molecule has 0 spiro atoms. The Bertz CT molecular complexity index is 139. The summed E-state index contributed by atoms with van der Waals surface area (Å²) >= 11 is 0. The first-order valence-electron chi connectivity index (χ1n) is 4.07. The van der Waals surface area contributed by atoms with Gasteiger partial charge >= 0.3 is 0 Å². The minimum Gasteiger partial charge on any atom is -0.484 e. The van der Waals surface area contributed by atoms with E-state index < -0.39 is 0 Å². The van der Waals surface area contributed by atoms with Gasteiger partial charge in [0, 0.05) is 13.5 Å². The second kappa shape index (κ2) is 4.34. The Labute approximate surface area is 67.8 Å². The van der Waals surface area contributed by atoms with Crippen LogP contribution in [0.5, 0.6) is 0 Å². The van der Waals surface area contributed by atoms with Crippen LogP contribution in [0.4, 0.5) is 0 Å². The zero-order chi connectivity index (χ0) is 8.10. The number of hydrogen-bond donors (Lipinski definition) is 1. The highest BCUT2D eigenvalue weighted by atomic mass is 16.5. The molecule has 0 bridgehead atoms. The second-order valence-electron chi connectivity index (χ2n) is 2.88. The van der Waals surface area contributed by atoms with E-state index in [0.29, 0.717) is 0 Å². The van der Waals surface area contributed by atoms with Crippen molar-refractivity contribution >= 4 is 5.90 Å². The number of nitrogens with one attached hydrogen (secondary N) is 1. The van der Waals surface area contributed by atoms with Crippen molar-refractivity contribution in [3.05, 3.63) is 0 Å². The van der Waals surface area contributed by atoms with Gasteiger partial charge in [0.05, 0.1) is 7.11 Å². The van der Waals surface area contributed by atoms with Gasteiger partial charge in [-0.05, 0) is 25.4 Å². The number of ether oxygens (including phenoxy) is 1. The fourth-order valence-corrected chi connectivity index (χ4v) is 1.40. The van der Waals surface area contributed by atoms with E-state index in [2.05, 4.69) is 10.3 Å². The van der Waals surface area contributed by atoms with Gasteiger partial charge in [-0.15, -0.1) is 0 Å². The lowest BCUT2D eigenvalue weighted by atomic mass is 10.1. The minimum atomic E-state index is 0.730. The molecular weight excluding hydrogens is 140 g/mol. The Morgan fingerprint density at radius 2 is 2.55 bits per heavy atom. The molecule has 3 heteroatoms. The van der Waals surface area contributed by atoms with Crippen LogP contribution in [0.25, 0.3) is 0 Å². The Morgan fingerprint density at radius 1 is 1.73 bits per heavy atom. The monoisotopic (exact) mass is 156 g/mol. The normalized spacial score (nSPS) is 25.6. The van der Waals surface area contributed by atoms with Crippen molar-refractivity contribution in [3.8, 4) is 0 Å². The molecule has 1 fully saturated rings. The van der Waals surface area contributed by atoms with Crippen molar-refractivity contribution < 1.29 is 4.74 Å². The minimum absolute atomic E-state index is 0.730. The van der Waals surface area contributed by atoms with Crippen LogP contribution in [0.1, 0.15) is 12.8 Å². The van der Waals surface area contributed by atoms with Crippen LogP contribution >= 0.6 is 0 Å². The van der Waals surface area contributed by atoms with Crippen LogP contribution in [-0.2, 0) is 4.74 Å². The highest BCUT2D eigenvalue weighted by molar-refractivity contribution is 5.76. The highest BCUT2D eigenvalue weighted by Crippen LogP contribution is 2.12. The first-order chi connectivity index (χ1) is 5.36. The van der Waals surface area contributed by atoms with E-state index in [1.807, 2.05) is 0 Å². The molecule has 1 heterocycles. The van der Waals surface area contributed by atoms with Crippen molar-refractivity contribution in [3.63, 3.8) is 0 Å². The van der Waals surface area contributed by atoms with E-state index in [0.717, 1.165) is 31.3 Å². The summed E-state index contributed by atoms with van der Waals surface area (Å²) in [6.45, 7) is 2.26.